The Labute approximate surface area is 121 Å². The first-order valence-electron chi connectivity index (χ1n) is 7.45. The summed E-state index contributed by atoms with van der Waals surface area (Å²) in [6, 6.07) is 10.5. The Morgan fingerprint density at radius 3 is 2.60 bits per heavy atom. The number of hydrogen-bond acceptors (Lipinski definition) is 2. The van der Waals surface area contributed by atoms with Crippen molar-refractivity contribution < 1.29 is 9.59 Å². The number of likely N-dealkylation sites (tertiary alicyclic amines) is 1. The topological polar surface area (TPSA) is 37.4 Å². The summed E-state index contributed by atoms with van der Waals surface area (Å²) in [7, 11) is 0. The first-order chi connectivity index (χ1) is 9.65. The molecule has 3 heteroatoms. The summed E-state index contributed by atoms with van der Waals surface area (Å²) < 4.78 is 0. The number of carbonyl (C=O) groups is 2. The molecule has 0 N–H and O–H groups in total. The van der Waals surface area contributed by atoms with E-state index in [9.17, 15) is 9.59 Å². The van der Waals surface area contributed by atoms with Gasteiger partial charge in [-0.15, -0.1) is 0 Å². The number of hydrogen-bond donors (Lipinski definition) is 0. The molecule has 1 saturated heterocycles. The molecule has 0 spiro atoms. The van der Waals surface area contributed by atoms with Crippen LogP contribution >= 0.6 is 0 Å². The molecule has 1 aliphatic heterocycles. The van der Waals surface area contributed by atoms with Crippen molar-refractivity contribution in [3.05, 3.63) is 35.9 Å². The van der Waals surface area contributed by atoms with Crippen molar-refractivity contribution in [2.24, 2.45) is 5.92 Å². The van der Waals surface area contributed by atoms with Crippen LogP contribution in [0.15, 0.2) is 30.3 Å². The predicted octanol–water partition coefficient (Wildman–Crippen LogP) is 3.35. The van der Waals surface area contributed by atoms with Crippen molar-refractivity contribution >= 4 is 12.2 Å². The zero-order valence-corrected chi connectivity index (χ0v) is 12.3. The van der Waals surface area contributed by atoms with E-state index >= 15 is 0 Å². The summed E-state index contributed by atoms with van der Waals surface area (Å²) in [5.41, 5.74) is 1.20. The molecule has 1 aromatic carbocycles. The van der Waals surface area contributed by atoms with Gasteiger partial charge in [0.05, 0.1) is 6.04 Å². The Morgan fingerprint density at radius 2 is 2.00 bits per heavy atom. The second kappa shape index (κ2) is 6.69. The molecule has 3 nitrogen and oxygen atoms in total. The largest absolute Gasteiger partial charge is 0.332 e. The smallest absolute Gasteiger partial charge is 0.223 e. The van der Waals surface area contributed by atoms with Crippen LogP contribution in [0.2, 0.25) is 0 Å². The lowest BCUT2D eigenvalue weighted by molar-refractivity contribution is -0.132. The van der Waals surface area contributed by atoms with Gasteiger partial charge in [-0.2, -0.15) is 0 Å². The number of rotatable bonds is 6. The van der Waals surface area contributed by atoms with E-state index < -0.39 is 0 Å². The van der Waals surface area contributed by atoms with E-state index in [2.05, 4.69) is 26.0 Å². The minimum atomic E-state index is 0.153. The summed E-state index contributed by atoms with van der Waals surface area (Å²) in [6.07, 6.45) is 3.73. The fourth-order valence-corrected chi connectivity index (χ4v) is 3.15. The standard InChI is InChI=1S/C17H23NO2/c1-13(2)15(9-6-12-19)18-16(10-11-17(18)20)14-7-4-3-5-8-14/h3-5,7-8,12-13,15-16H,6,9-11H2,1-2H3/t15?,16-/m1/s1. The molecule has 0 bridgehead atoms. The van der Waals surface area contributed by atoms with Gasteiger partial charge < -0.3 is 9.69 Å². The molecule has 1 heterocycles. The molecule has 0 aliphatic carbocycles. The predicted molar refractivity (Wildman–Crippen MR) is 79.2 cm³/mol. The van der Waals surface area contributed by atoms with E-state index in [1.54, 1.807) is 0 Å². The van der Waals surface area contributed by atoms with Gasteiger partial charge in [0.15, 0.2) is 0 Å². The Kier molecular flexibility index (Phi) is 4.94. The number of aldehydes is 1. The van der Waals surface area contributed by atoms with Gasteiger partial charge >= 0.3 is 0 Å². The second-order valence-corrected chi connectivity index (χ2v) is 5.82. The fraction of sp³-hybridized carbons (Fsp3) is 0.529. The molecule has 2 rings (SSSR count). The molecule has 1 amide bonds. The quantitative estimate of drug-likeness (QED) is 0.745. The highest BCUT2D eigenvalue weighted by molar-refractivity contribution is 5.79. The van der Waals surface area contributed by atoms with Crippen LogP contribution in [0.5, 0.6) is 0 Å². The van der Waals surface area contributed by atoms with Gasteiger partial charge in [0.1, 0.15) is 6.29 Å². The molecule has 20 heavy (non-hydrogen) atoms. The average molecular weight is 273 g/mol. The molecule has 2 atom stereocenters. The molecular formula is C17H23NO2. The average Bonchev–Trinajstić information content (AvgIpc) is 2.82. The molecule has 1 aliphatic rings. The third-order valence-electron chi connectivity index (χ3n) is 4.15. The molecule has 1 unspecified atom stereocenters. The SMILES string of the molecule is CC(C)C(CCC=O)N1C(=O)CC[C@@H]1c1ccccc1. The van der Waals surface area contributed by atoms with Crippen molar-refractivity contribution in [1.29, 1.82) is 0 Å². The van der Waals surface area contributed by atoms with Gasteiger partial charge in [-0.05, 0) is 24.3 Å². The van der Waals surface area contributed by atoms with Gasteiger partial charge in [-0.25, -0.2) is 0 Å². The Morgan fingerprint density at radius 1 is 1.30 bits per heavy atom. The monoisotopic (exact) mass is 273 g/mol. The third-order valence-corrected chi connectivity index (χ3v) is 4.15. The Bertz CT molecular complexity index is 455. The first kappa shape index (κ1) is 14.8. The maximum Gasteiger partial charge on any atom is 0.223 e. The van der Waals surface area contributed by atoms with E-state index in [1.165, 1.54) is 5.56 Å². The number of benzene rings is 1. The molecular weight excluding hydrogens is 250 g/mol. The van der Waals surface area contributed by atoms with E-state index in [-0.39, 0.29) is 18.0 Å². The van der Waals surface area contributed by atoms with Crippen molar-refractivity contribution in [2.75, 3.05) is 0 Å². The second-order valence-electron chi connectivity index (χ2n) is 5.82. The maximum atomic E-state index is 12.3. The summed E-state index contributed by atoms with van der Waals surface area (Å²) >= 11 is 0. The van der Waals surface area contributed by atoms with Crippen LogP contribution < -0.4 is 0 Å². The molecule has 1 fully saturated rings. The van der Waals surface area contributed by atoms with E-state index in [1.807, 2.05) is 23.1 Å². The highest BCUT2D eigenvalue weighted by Gasteiger charge is 2.37. The van der Waals surface area contributed by atoms with Gasteiger partial charge in [0, 0.05) is 18.9 Å². The fourth-order valence-electron chi connectivity index (χ4n) is 3.15. The third kappa shape index (κ3) is 3.09. The van der Waals surface area contributed by atoms with Gasteiger partial charge in [0.25, 0.3) is 0 Å². The lowest BCUT2D eigenvalue weighted by atomic mass is 9.95. The number of nitrogens with zero attached hydrogens (tertiary/aromatic N) is 1. The Balaban J connectivity index is 2.24. The van der Waals surface area contributed by atoms with Crippen molar-refractivity contribution in [2.45, 2.75) is 51.6 Å². The van der Waals surface area contributed by atoms with Crippen LogP contribution in [-0.2, 0) is 9.59 Å². The molecule has 108 valence electrons. The zero-order chi connectivity index (χ0) is 14.5. The van der Waals surface area contributed by atoms with Crippen LogP contribution in [-0.4, -0.2) is 23.1 Å². The van der Waals surface area contributed by atoms with Crippen molar-refractivity contribution in [1.82, 2.24) is 4.90 Å². The number of amides is 1. The minimum absolute atomic E-state index is 0.153. The normalized spacial score (nSPS) is 20.4. The van der Waals surface area contributed by atoms with E-state index in [0.29, 0.717) is 18.8 Å². The highest BCUT2D eigenvalue weighted by atomic mass is 16.2. The van der Waals surface area contributed by atoms with E-state index in [0.717, 1.165) is 19.1 Å². The van der Waals surface area contributed by atoms with Gasteiger partial charge in [-0.1, -0.05) is 44.2 Å². The lowest BCUT2D eigenvalue weighted by Crippen LogP contribution is -2.41. The molecule has 0 saturated carbocycles. The summed E-state index contributed by atoms with van der Waals surface area (Å²) in [5, 5.41) is 0. The summed E-state index contributed by atoms with van der Waals surface area (Å²) in [4.78, 5) is 25.0. The van der Waals surface area contributed by atoms with Crippen LogP contribution in [0.25, 0.3) is 0 Å². The van der Waals surface area contributed by atoms with E-state index in [4.69, 9.17) is 0 Å². The molecule has 0 aromatic heterocycles. The molecule has 0 radical (unpaired) electrons. The van der Waals surface area contributed by atoms with Gasteiger partial charge in [0.2, 0.25) is 5.91 Å². The first-order valence-corrected chi connectivity index (χ1v) is 7.45. The van der Waals surface area contributed by atoms with Crippen molar-refractivity contribution in [3.8, 4) is 0 Å². The Hall–Kier alpha value is -1.64. The van der Waals surface area contributed by atoms with Crippen LogP contribution in [0.1, 0.15) is 51.1 Å². The summed E-state index contributed by atoms with van der Waals surface area (Å²) in [5.74, 6) is 0.590. The number of carbonyl (C=O) groups excluding carboxylic acids is 2. The zero-order valence-electron chi connectivity index (χ0n) is 12.3. The summed E-state index contributed by atoms with van der Waals surface area (Å²) in [6.45, 7) is 4.26. The lowest BCUT2D eigenvalue weighted by Gasteiger charge is -2.36. The van der Waals surface area contributed by atoms with Gasteiger partial charge in [-0.3, -0.25) is 4.79 Å². The van der Waals surface area contributed by atoms with Crippen LogP contribution in [0.3, 0.4) is 0 Å². The maximum absolute atomic E-state index is 12.3. The highest BCUT2D eigenvalue weighted by Crippen LogP contribution is 2.37. The van der Waals surface area contributed by atoms with Crippen LogP contribution in [0.4, 0.5) is 0 Å². The van der Waals surface area contributed by atoms with Crippen molar-refractivity contribution in [3.63, 3.8) is 0 Å². The minimum Gasteiger partial charge on any atom is -0.332 e. The van der Waals surface area contributed by atoms with Crippen LogP contribution in [0, 0.1) is 5.92 Å². The molecule has 1 aromatic rings.